The van der Waals surface area contributed by atoms with Crippen LogP contribution < -0.4 is 5.43 Å². The summed E-state index contributed by atoms with van der Waals surface area (Å²) < 4.78 is 5.25. The Labute approximate surface area is 115 Å². The van der Waals surface area contributed by atoms with E-state index >= 15 is 0 Å². The third-order valence-electron chi connectivity index (χ3n) is 2.67. The molecule has 0 aliphatic heterocycles. The number of carbonyl (C=O) groups is 1. The Morgan fingerprint density at radius 3 is 2.65 bits per heavy atom. The molecule has 0 unspecified atom stereocenters. The smallest absolute Gasteiger partial charge is 0.274 e. The van der Waals surface area contributed by atoms with E-state index in [4.69, 9.17) is 9.52 Å². The minimum atomic E-state index is -0.395. The molecule has 2 rings (SSSR count). The fourth-order valence-electron chi connectivity index (χ4n) is 1.72. The Balaban J connectivity index is 2.06. The summed E-state index contributed by atoms with van der Waals surface area (Å²) in [4.78, 5) is 11.8. The van der Waals surface area contributed by atoms with Gasteiger partial charge in [-0.15, -0.1) is 0 Å². The number of furan rings is 1. The van der Waals surface area contributed by atoms with E-state index in [2.05, 4.69) is 10.5 Å². The quantitative estimate of drug-likeness (QED) is 0.589. The van der Waals surface area contributed by atoms with Gasteiger partial charge >= 0.3 is 0 Å². The summed E-state index contributed by atoms with van der Waals surface area (Å²) in [5.74, 6) is 0.593. The van der Waals surface area contributed by atoms with Crippen LogP contribution in [0.1, 0.15) is 27.4 Å². The number of aryl methyl sites for hydroxylation is 2. The SMILES string of the molecule is Cc1cc(C(=O)N/N=C\c2ccc(O)cc2O)c(C)o1. The van der Waals surface area contributed by atoms with Crippen molar-refractivity contribution < 1.29 is 19.4 Å². The number of amides is 1. The lowest BCUT2D eigenvalue weighted by atomic mass is 10.2. The molecule has 0 spiro atoms. The van der Waals surface area contributed by atoms with Crippen molar-refractivity contribution in [2.75, 3.05) is 0 Å². The zero-order valence-electron chi connectivity index (χ0n) is 11.0. The number of phenols is 2. The first kappa shape index (κ1) is 13.7. The van der Waals surface area contributed by atoms with Gasteiger partial charge in [0.25, 0.3) is 5.91 Å². The molecular weight excluding hydrogens is 260 g/mol. The second-order valence-electron chi connectivity index (χ2n) is 4.27. The largest absolute Gasteiger partial charge is 0.508 e. The molecule has 6 nitrogen and oxygen atoms in total. The number of carbonyl (C=O) groups excluding carboxylic acids is 1. The summed E-state index contributed by atoms with van der Waals surface area (Å²) in [5, 5.41) is 22.4. The highest BCUT2D eigenvalue weighted by molar-refractivity contribution is 5.96. The molecule has 1 aromatic carbocycles. The summed E-state index contributed by atoms with van der Waals surface area (Å²) >= 11 is 0. The van der Waals surface area contributed by atoms with Gasteiger partial charge in [-0.25, -0.2) is 5.43 Å². The molecule has 0 saturated carbocycles. The van der Waals surface area contributed by atoms with Crippen molar-refractivity contribution in [1.82, 2.24) is 5.43 Å². The first-order chi connectivity index (χ1) is 9.47. The van der Waals surface area contributed by atoms with E-state index in [1.165, 1.54) is 24.4 Å². The molecule has 1 amide bonds. The van der Waals surface area contributed by atoms with Crippen molar-refractivity contribution in [2.24, 2.45) is 5.10 Å². The lowest BCUT2D eigenvalue weighted by molar-refractivity contribution is 0.0953. The van der Waals surface area contributed by atoms with Crippen LogP contribution in [0.4, 0.5) is 0 Å². The Morgan fingerprint density at radius 2 is 2.05 bits per heavy atom. The molecule has 1 heterocycles. The van der Waals surface area contributed by atoms with Gasteiger partial charge in [-0.3, -0.25) is 4.79 Å². The number of phenolic OH excluding ortho intramolecular Hbond substituents is 2. The van der Waals surface area contributed by atoms with Crippen LogP contribution in [0.3, 0.4) is 0 Å². The van der Waals surface area contributed by atoms with E-state index in [1.54, 1.807) is 19.9 Å². The molecule has 6 heteroatoms. The van der Waals surface area contributed by atoms with Crippen LogP contribution in [-0.2, 0) is 0 Å². The van der Waals surface area contributed by atoms with Crippen molar-refractivity contribution in [2.45, 2.75) is 13.8 Å². The second kappa shape index (κ2) is 5.48. The number of hydrogen-bond donors (Lipinski definition) is 3. The Kier molecular flexibility index (Phi) is 3.74. The van der Waals surface area contributed by atoms with Gasteiger partial charge in [-0.05, 0) is 32.0 Å². The van der Waals surface area contributed by atoms with Crippen LogP contribution in [-0.4, -0.2) is 22.3 Å². The minimum Gasteiger partial charge on any atom is -0.508 e. The Bertz CT molecular complexity index is 674. The molecule has 20 heavy (non-hydrogen) atoms. The molecule has 0 bridgehead atoms. The van der Waals surface area contributed by atoms with E-state index in [0.717, 1.165) is 0 Å². The maximum atomic E-state index is 11.8. The Morgan fingerprint density at radius 1 is 1.30 bits per heavy atom. The summed E-state index contributed by atoms with van der Waals surface area (Å²) in [7, 11) is 0. The maximum absolute atomic E-state index is 11.8. The first-order valence-electron chi connectivity index (χ1n) is 5.90. The highest BCUT2D eigenvalue weighted by Gasteiger charge is 2.12. The summed E-state index contributed by atoms with van der Waals surface area (Å²) in [5.41, 5.74) is 3.13. The highest BCUT2D eigenvalue weighted by Crippen LogP contribution is 2.20. The van der Waals surface area contributed by atoms with Crippen molar-refractivity contribution in [3.63, 3.8) is 0 Å². The number of hydrazone groups is 1. The molecule has 0 saturated heterocycles. The average molecular weight is 274 g/mol. The van der Waals surface area contributed by atoms with Gasteiger partial charge in [0.15, 0.2) is 0 Å². The minimum absolute atomic E-state index is 0.0480. The summed E-state index contributed by atoms with van der Waals surface area (Å²) in [6.07, 6.45) is 1.29. The van der Waals surface area contributed by atoms with Crippen LogP contribution in [0.25, 0.3) is 0 Å². The van der Waals surface area contributed by atoms with Crippen molar-refractivity contribution in [3.05, 3.63) is 46.9 Å². The molecule has 0 atom stereocenters. The number of benzene rings is 1. The first-order valence-corrected chi connectivity index (χ1v) is 5.90. The van der Waals surface area contributed by atoms with Crippen molar-refractivity contribution in [1.29, 1.82) is 0 Å². The topological polar surface area (TPSA) is 95.1 Å². The predicted octanol–water partition coefficient (Wildman–Crippen LogP) is 2.07. The van der Waals surface area contributed by atoms with E-state index < -0.39 is 5.91 Å². The molecule has 0 radical (unpaired) electrons. The van der Waals surface area contributed by atoms with Gasteiger partial charge in [0, 0.05) is 11.6 Å². The van der Waals surface area contributed by atoms with Gasteiger partial charge in [0.1, 0.15) is 23.0 Å². The number of hydrogen-bond acceptors (Lipinski definition) is 5. The van der Waals surface area contributed by atoms with Gasteiger partial charge in [-0.1, -0.05) is 0 Å². The lowest BCUT2D eigenvalue weighted by Crippen LogP contribution is -2.17. The monoisotopic (exact) mass is 274 g/mol. The van der Waals surface area contributed by atoms with E-state index in [-0.39, 0.29) is 11.5 Å². The average Bonchev–Trinajstić information content (AvgIpc) is 2.71. The zero-order chi connectivity index (χ0) is 14.7. The lowest BCUT2D eigenvalue weighted by Gasteiger charge is -2.00. The molecule has 2 aromatic rings. The van der Waals surface area contributed by atoms with Gasteiger partial charge in [-0.2, -0.15) is 5.10 Å². The zero-order valence-corrected chi connectivity index (χ0v) is 11.0. The fraction of sp³-hybridized carbons (Fsp3) is 0.143. The van der Waals surface area contributed by atoms with Crippen LogP contribution in [0.15, 0.2) is 33.8 Å². The van der Waals surface area contributed by atoms with Gasteiger partial charge in [0.05, 0.1) is 11.8 Å². The van der Waals surface area contributed by atoms with Crippen LogP contribution in [0.5, 0.6) is 11.5 Å². The number of aromatic hydroxyl groups is 2. The summed E-state index contributed by atoms with van der Waals surface area (Å²) in [6, 6.07) is 5.70. The molecule has 0 fully saturated rings. The molecular formula is C14H14N2O4. The number of rotatable bonds is 3. The normalized spacial score (nSPS) is 10.9. The van der Waals surface area contributed by atoms with E-state index in [0.29, 0.717) is 22.6 Å². The number of nitrogens with one attached hydrogen (secondary N) is 1. The fourth-order valence-corrected chi connectivity index (χ4v) is 1.72. The van der Waals surface area contributed by atoms with E-state index in [9.17, 15) is 9.90 Å². The third kappa shape index (κ3) is 2.97. The van der Waals surface area contributed by atoms with E-state index in [1.807, 2.05) is 0 Å². The highest BCUT2D eigenvalue weighted by atomic mass is 16.3. The summed E-state index contributed by atoms with van der Waals surface area (Å²) in [6.45, 7) is 3.44. The van der Waals surface area contributed by atoms with Crippen molar-refractivity contribution in [3.8, 4) is 11.5 Å². The second-order valence-corrected chi connectivity index (χ2v) is 4.27. The van der Waals surface area contributed by atoms with Gasteiger partial charge in [0.2, 0.25) is 0 Å². The van der Waals surface area contributed by atoms with Crippen molar-refractivity contribution >= 4 is 12.1 Å². The Hall–Kier alpha value is -2.76. The van der Waals surface area contributed by atoms with Crippen LogP contribution in [0.2, 0.25) is 0 Å². The number of nitrogens with zero attached hydrogens (tertiary/aromatic N) is 1. The molecule has 0 aliphatic rings. The molecule has 3 N–H and O–H groups in total. The molecule has 0 aliphatic carbocycles. The predicted molar refractivity (Wildman–Crippen MR) is 73.0 cm³/mol. The standard InChI is InChI=1S/C14H14N2O4/c1-8-5-12(9(2)20-8)14(19)16-15-7-10-3-4-11(17)6-13(10)18/h3-7,17-18H,1-2H3,(H,16,19)/b15-7-. The third-order valence-corrected chi connectivity index (χ3v) is 2.67. The molecule has 1 aromatic heterocycles. The maximum Gasteiger partial charge on any atom is 0.274 e. The van der Waals surface area contributed by atoms with Gasteiger partial charge < -0.3 is 14.6 Å². The molecule has 104 valence electrons. The van der Waals surface area contributed by atoms with Crippen LogP contribution in [0, 0.1) is 13.8 Å². The van der Waals surface area contributed by atoms with Crippen LogP contribution >= 0.6 is 0 Å².